The number of ketones is 1. The molecular weight excluding hydrogens is 329 g/mol. The number of nitrogens with zero attached hydrogens (tertiary/aromatic N) is 2. The van der Waals surface area contributed by atoms with Gasteiger partial charge in [-0.1, -0.05) is 26.2 Å². The molecule has 134 valence electrons. The molecular formula is C17H20FN3O4. The molecule has 0 bridgehead atoms. The Morgan fingerprint density at radius 2 is 2.16 bits per heavy atom. The largest absolute Gasteiger partial charge is 0.467 e. The van der Waals surface area contributed by atoms with Crippen molar-refractivity contribution in [2.75, 3.05) is 6.61 Å². The topological polar surface area (TPSA) is 94.3 Å². The average Bonchev–Trinajstić information content (AvgIpc) is 3.13. The zero-order valence-corrected chi connectivity index (χ0v) is 13.9. The van der Waals surface area contributed by atoms with Crippen molar-refractivity contribution < 1.29 is 23.2 Å². The predicted octanol–water partition coefficient (Wildman–Crippen LogP) is 2.54. The molecule has 7 nitrogen and oxygen atoms in total. The third-order valence-electron chi connectivity index (χ3n) is 3.56. The number of hydrogen-bond donors (Lipinski definition) is 1. The molecule has 25 heavy (non-hydrogen) atoms. The Morgan fingerprint density at radius 3 is 2.80 bits per heavy atom. The number of pyridine rings is 1. The Labute approximate surface area is 144 Å². The summed E-state index contributed by atoms with van der Waals surface area (Å²) in [6, 6.07) is 3.20. The number of rotatable bonds is 10. The van der Waals surface area contributed by atoms with Crippen LogP contribution in [0, 0.1) is 5.95 Å². The Balaban J connectivity index is 1.96. The highest BCUT2D eigenvalue weighted by Gasteiger charge is 2.22. The van der Waals surface area contributed by atoms with Crippen LogP contribution in [-0.2, 0) is 4.79 Å². The van der Waals surface area contributed by atoms with Gasteiger partial charge in [-0.15, -0.1) is 0 Å². The van der Waals surface area contributed by atoms with Gasteiger partial charge in [0.05, 0.1) is 11.6 Å². The number of carbonyl (C=O) groups excluding carboxylic acids is 2. The van der Waals surface area contributed by atoms with E-state index in [1.807, 2.05) is 6.92 Å². The monoisotopic (exact) mass is 349 g/mol. The Hall–Kier alpha value is -2.77. The molecule has 0 unspecified atom stereocenters. The van der Waals surface area contributed by atoms with Gasteiger partial charge in [-0.05, 0) is 23.7 Å². The lowest BCUT2D eigenvalue weighted by Crippen LogP contribution is -2.43. The van der Waals surface area contributed by atoms with Gasteiger partial charge in [-0.3, -0.25) is 9.59 Å². The van der Waals surface area contributed by atoms with E-state index in [1.54, 1.807) is 0 Å². The van der Waals surface area contributed by atoms with Crippen LogP contribution in [0.25, 0.3) is 0 Å². The summed E-state index contributed by atoms with van der Waals surface area (Å²) in [7, 11) is 0. The van der Waals surface area contributed by atoms with Crippen LogP contribution in [0.15, 0.2) is 35.2 Å². The van der Waals surface area contributed by atoms with Crippen LogP contribution >= 0.6 is 0 Å². The average molecular weight is 349 g/mol. The van der Waals surface area contributed by atoms with Gasteiger partial charge in [0.25, 0.3) is 11.8 Å². The summed E-state index contributed by atoms with van der Waals surface area (Å²) in [6.07, 6.45) is 5.69. The summed E-state index contributed by atoms with van der Waals surface area (Å²) in [5.74, 6) is -1.23. The molecule has 0 fully saturated rings. The second-order valence-corrected chi connectivity index (χ2v) is 5.48. The normalized spacial score (nSPS) is 11.8. The summed E-state index contributed by atoms with van der Waals surface area (Å²) in [5, 5.41) is 6.23. The van der Waals surface area contributed by atoms with Gasteiger partial charge in [-0.2, -0.15) is 4.39 Å². The van der Waals surface area contributed by atoms with Crippen LogP contribution in [0.3, 0.4) is 0 Å². The van der Waals surface area contributed by atoms with Crippen LogP contribution in [0.2, 0.25) is 0 Å². The first-order valence-electron chi connectivity index (χ1n) is 8.08. The van der Waals surface area contributed by atoms with Crippen molar-refractivity contribution in [2.45, 2.75) is 38.6 Å². The van der Waals surface area contributed by atoms with Crippen LogP contribution in [0.1, 0.15) is 43.0 Å². The van der Waals surface area contributed by atoms with Crippen molar-refractivity contribution in [3.05, 3.63) is 42.2 Å². The number of carbonyl (C=O) groups is 2. The van der Waals surface area contributed by atoms with Crippen molar-refractivity contribution in [2.24, 2.45) is 0 Å². The Kier molecular flexibility index (Phi) is 7.06. The lowest BCUT2D eigenvalue weighted by atomic mass is 10.0. The summed E-state index contributed by atoms with van der Waals surface area (Å²) >= 11 is 0. The van der Waals surface area contributed by atoms with E-state index in [1.165, 1.54) is 18.4 Å². The third-order valence-corrected chi connectivity index (χ3v) is 3.56. The van der Waals surface area contributed by atoms with E-state index in [0.29, 0.717) is 6.42 Å². The molecule has 1 atom stereocenters. The summed E-state index contributed by atoms with van der Waals surface area (Å²) in [5.41, 5.74) is 0.187. The minimum Gasteiger partial charge on any atom is -0.467 e. The Morgan fingerprint density at radius 1 is 1.32 bits per heavy atom. The van der Waals surface area contributed by atoms with E-state index >= 15 is 0 Å². The molecule has 0 radical (unpaired) electrons. The first kappa shape index (κ1) is 18.6. The van der Waals surface area contributed by atoms with Crippen LogP contribution in [-0.4, -0.2) is 34.5 Å². The molecule has 0 saturated heterocycles. The van der Waals surface area contributed by atoms with Gasteiger partial charge in [0, 0.05) is 12.3 Å². The van der Waals surface area contributed by atoms with E-state index in [-0.39, 0.29) is 23.8 Å². The minimum atomic E-state index is -0.698. The van der Waals surface area contributed by atoms with Crippen molar-refractivity contribution in [1.29, 1.82) is 0 Å². The number of halogens is 1. The minimum absolute atomic E-state index is 0.187. The zero-order valence-electron chi connectivity index (χ0n) is 13.9. The fourth-order valence-corrected chi connectivity index (χ4v) is 2.19. The lowest BCUT2D eigenvalue weighted by Gasteiger charge is -2.17. The van der Waals surface area contributed by atoms with Gasteiger partial charge in [0.1, 0.15) is 6.26 Å². The van der Waals surface area contributed by atoms with Gasteiger partial charge in [0.15, 0.2) is 12.4 Å². The van der Waals surface area contributed by atoms with E-state index in [4.69, 9.17) is 4.74 Å². The van der Waals surface area contributed by atoms with Gasteiger partial charge in [-0.25, -0.2) is 4.98 Å². The smallest absolute Gasteiger partial charge is 0.254 e. The summed E-state index contributed by atoms with van der Waals surface area (Å²) < 4.78 is 22.7. The first-order chi connectivity index (χ1) is 12.1. The number of aromatic nitrogens is 2. The fourth-order valence-electron chi connectivity index (χ4n) is 2.19. The first-order valence-corrected chi connectivity index (χ1v) is 8.08. The molecule has 2 aromatic heterocycles. The number of nitrogens with one attached hydrogen (secondary N) is 1. The number of amides is 1. The molecule has 8 heteroatoms. The highest BCUT2D eigenvalue weighted by Crippen LogP contribution is 2.09. The predicted molar refractivity (Wildman–Crippen MR) is 86.6 cm³/mol. The molecule has 1 amide bonds. The van der Waals surface area contributed by atoms with Crippen LogP contribution in [0.5, 0.6) is 5.88 Å². The molecule has 2 aromatic rings. The second kappa shape index (κ2) is 9.51. The molecule has 0 aliphatic heterocycles. The quantitative estimate of drug-likeness (QED) is 0.523. The lowest BCUT2D eigenvalue weighted by molar-refractivity contribution is -0.123. The van der Waals surface area contributed by atoms with Crippen molar-refractivity contribution in [1.82, 2.24) is 15.5 Å². The number of unbranched alkanes of at least 4 members (excludes halogenated alkanes) is 2. The standard InChI is InChI=1S/C17H20FN3O4/c1-2-3-4-5-13(14(22)11-24-16-8-9-25-21-16)20-17(23)12-6-7-15(18)19-10-12/h6-10,13H,2-5,11H2,1H3,(H,20,23)/t13-/m0/s1. The molecule has 0 aliphatic carbocycles. The fraction of sp³-hybridized carbons (Fsp3) is 0.412. The van der Waals surface area contributed by atoms with Crippen molar-refractivity contribution >= 4 is 11.7 Å². The second-order valence-electron chi connectivity index (χ2n) is 5.48. The third kappa shape index (κ3) is 5.98. The molecule has 1 N–H and O–H groups in total. The van der Waals surface area contributed by atoms with Gasteiger partial charge < -0.3 is 14.6 Å². The summed E-state index contributed by atoms with van der Waals surface area (Å²) in [4.78, 5) is 28.1. The van der Waals surface area contributed by atoms with E-state index in [2.05, 4.69) is 20.0 Å². The van der Waals surface area contributed by atoms with E-state index < -0.39 is 17.9 Å². The van der Waals surface area contributed by atoms with E-state index in [9.17, 15) is 14.0 Å². The van der Waals surface area contributed by atoms with Crippen molar-refractivity contribution in [3.63, 3.8) is 0 Å². The number of hydrogen-bond acceptors (Lipinski definition) is 6. The molecule has 0 aromatic carbocycles. The number of ether oxygens (including phenoxy) is 1. The Bertz CT molecular complexity index is 674. The molecule has 2 heterocycles. The highest BCUT2D eigenvalue weighted by atomic mass is 19.1. The SMILES string of the molecule is CCCCC[C@H](NC(=O)c1ccc(F)nc1)C(=O)COc1ccon1. The van der Waals surface area contributed by atoms with E-state index in [0.717, 1.165) is 31.5 Å². The molecule has 0 spiro atoms. The van der Waals surface area contributed by atoms with Crippen molar-refractivity contribution in [3.8, 4) is 5.88 Å². The maximum Gasteiger partial charge on any atom is 0.254 e. The van der Waals surface area contributed by atoms with Crippen LogP contribution in [0.4, 0.5) is 4.39 Å². The molecule has 0 saturated carbocycles. The maximum atomic E-state index is 12.9. The van der Waals surface area contributed by atoms with Crippen LogP contribution < -0.4 is 10.1 Å². The maximum absolute atomic E-state index is 12.9. The summed E-state index contributed by atoms with van der Waals surface area (Å²) in [6.45, 7) is 1.82. The van der Waals surface area contributed by atoms with Gasteiger partial charge in [0.2, 0.25) is 5.95 Å². The number of Topliss-reactive ketones (excluding diaryl/α,β-unsaturated/α-hetero) is 1. The highest BCUT2D eigenvalue weighted by molar-refractivity contribution is 5.98. The zero-order chi connectivity index (χ0) is 18.1. The van der Waals surface area contributed by atoms with Gasteiger partial charge >= 0.3 is 0 Å². The molecule has 0 aliphatic rings. The molecule has 2 rings (SSSR count).